The predicted octanol–water partition coefficient (Wildman–Crippen LogP) is 2.06. The predicted molar refractivity (Wildman–Crippen MR) is 80.3 cm³/mol. The Kier molecular flexibility index (Phi) is 3.52. The van der Waals surface area contributed by atoms with Crippen molar-refractivity contribution in [1.29, 1.82) is 0 Å². The van der Waals surface area contributed by atoms with Gasteiger partial charge >= 0.3 is 0 Å². The van der Waals surface area contributed by atoms with Crippen molar-refractivity contribution in [1.82, 2.24) is 15.0 Å². The first-order valence-electron chi connectivity index (χ1n) is 6.49. The quantitative estimate of drug-likeness (QED) is 0.755. The number of fused-ring (bicyclic) bond motifs is 1. The van der Waals surface area contributed by atoms with Crippen LogP contribution in [0.5, 0.6) is 0 Å². The zero-order valence-corrected chi connectivity index (χ0v) is 11.0. The normalized spacial score (nSPS) is 10.7. The first-order chi connectivity index (χ1) is 9.86. The summed E-state index contributed by atoms with van der Waals surface area (Å²) in [5.41, 5.74) is 8.26. The van der Waals surface area contributed by atoms with Gasteiger partial charge in [-0.2, -0.15) is 0 Å². The van der Waals surface area contributed by atoms with Gasteiger partial charge in [0.25, 0.3) is 0 Å². The number of anilines is 1. The van der Waals surface area contributed by atoms with Gasteiger partial charge in [-0.1, -0.05) is 18.2 Å². The molecule has 1 aromatic carbocycles. The van der Waals surface area contributed by atoms with Gasteiger partial charge in [0.05, 0.1) is 11.2 Å². The minimum atomic E-state index is 0.547. The molecule has 0 bridgehead atoms. The van der Waals surface area contributed by atoms with E-state index < -0.39 is 0 Å². The highest BCUT2D eigenvalue weighted by molar-refractivity contribution is 5.82. The minimum absolute atomic E-state index is 0.547. The fourth-order valence-corrected chi connectivity index (χ4v) is 2.00. The van der Waals surface area contributed by atoms with Crippen molar-refractivity contribution in [2.24, 2.45) is 5.73 Å². The maximum atomic E-state index is 5.46. The van der Waals surface area contributed by atoms with Crippen molar-refractivity contribution >= 4 is 16.9 Å². The van der Waals surface area contributed by atoms with Crippen LogP contribution in [0.25, 0.3) is 22.2 Å². The van der Waals surface area contributed by atoms with Gasteiger partial charge in [0.15, 0.2) is 0 Å². The number of aromatic nitrogens is 3. The maximum Gasteiger partial charge on any atom is 0.223 e. The average molecular weight is 265 g/mol. The second kappa shape index (κ2) is 5.63. The molecule has 5 nitrogen and oxygen atoms in total. The number of nitrogens with two attached hydrogens (primary N) is 1. The summed E-state index contributed by atoms with van der Waals surface area (Å²) in [5, 5.41) is 4.17. The van der Waals surface area contributed by atoms with E-state index in [0.717, 1.165) is 22.2 Å². The fourth-order valence-electron chi connectivity index (χ4n) is 2.00. The Morgan fingerprint density at radius 1 is 1.10 bits per heavy atom. The van der Waals surface area contributed by atoms with Crippen LogP contribution in [0.2, 0.25) is 0 Å². The smallest absolute Gasteiger partial charge is 0.223 e. The second-order valence-electron chi connectivity index (χ2n) is 4.40. The van der Waals surface area contributed by atoms with Crippen LogP contribution >= 0.6 is 0 Å². The standard InChI is InChI=1S/C15H15N5/c16-6-8-18-15-17-7-5-14(20-15)12-9-11-3-1-2-4-13(11)19-10-12/h1-5,7,9-10H,6,8,16H2,(H,17,18,20). The first kappa shape index (κ1) is 12.5. The van der Waals surface area contributed by atoms with E-state index in [1.54, 1.807) is 6.20 Å². The van der Waals surface area contributed by atoms with E-state index in [1.807, 2.05) is 36.5 Å². The summed E-state index contributed by atoms with van der Waals surface area (Å²) in [7, 11) is 0. The molecule has 0 fully saturated rings. The average Bonchev–Trinajstić information content (AvgIpc) is 2.53. The molecule has 0 saturated heterocycles. The van der Waals surface area contributed by atoms with Gasteiger partial charge in [0.1, 0.15) is 0 Å². The summed E-state index contributed by atoms with van der Waals surface area (Å²) >= 11 is 0. The Balaban J connectivity index is 1.97. The molecule has 20 heavy (non-hydrogen) atoms. The molecule has 0 amide bonds. The molecule has 0 aliphatic heterocycles. The highest BCUT2D eigenvalue weighted by Gasteiger charge is 2.03. The number of hydrogen-bond acceptors (Lipinski definition) is 5. The molecule has 100 valence electrons. The lowest BCUT2D eigenvalue weighted by atomic mass is 10.1. The SMILES string of the molecule is NCCNc1nccc(-c2cnc3ccccc3c2)n1. The number of nitrogens with zero attached hydrogens (tertiary/aromatic N) is 3. The zero-order chi connectivity index (χ0) is 13.8. The van der Waals surface area contributed by atoms with Crippen LogP contribution in [0, 0.1) is 0 Å². The maximum absolute atomic E-state index is 5.46. The van der Waals surface area contributed by atoms with E-state index in [9.17, 15) is 0 Å². The van der Waals surface area contributed by atoms with Gasteiger partial charge in [0, 0.05) is 36.4 Å². The lowest BCUT2D eigenvalue weighted by molar-refractivity contribution is 0.990. The molecule has 0 aliphatic rings. The number of rotatable bonds is 4. The van der Waals surface area contributed by atoms with Crippen LogP contribution in [0.15, 0.2) is 48.8 Å². The Hall–Kier alpha value is -2.53. The van der Waals surface area contributed by atoms with E-state index >= 15 is 0 Å². The van der Waals surface area contributed by atoms with Crippen molar-refractivity contribution in [3.63, 3.8) is 0 Å². The Bertz CT molecular complexity index is 726. The summed E-state index contributed by atoms with van der Waals surface area (Å²) in [5.74, 6) is 0.584. The third-order valence-electron chi connectivity index (χ3n) is 2.97. The zero-order valence-electron chi connectivity index (χ0n) is 11.0. The third kappa shape index (κ3) is 2.57. The van der Waals surface area contributed by atoms with Gasteiger partial charge in [-0.15, -0.1) is 0 Å². The lowest BCUT2D eigenvalue weighted by Gasteiger charge is -2.06. The molecule has 3 aromatic rings. The molecule has 3 rings (SSSR count). The van der Waals surface area contributed by atoms with Gasteiger partial charge < -0.3 is 11.1 Å². The van der Waals surface area contributed by atoms with Crippen LogP contribution < -0.4 is 11.1 Å². The molecule has 2 heterocycles. The third-order valence-corrected chi connectivity index (χ3v) is 2.97. The molecule has 2 aromatic heterocycles. The topological polar surface area (TPSA) is 76.7 Å². The van der Waals surface area contributed by atoms with E-state index in [2.05, 4.69) is 26.3 Å². The molecule has 0 aliphatic carbocycles. The van der Waals surface area contributed by atoms with Crippen LogP contribution in [0.4, 0.5) is 5.95 Å². The number of benzene rings is 1. The molecule has 0 unspecified atom stereocenters. The number of nitrogens with one attached hydrogen (secondary N) is 1. The molecule has 0 atom stereocenters. The summed E-state index contributed by atoms with van der Waals surface area (Å²) in [4.78, 5) is 13.1. The van der Waals surface area contributed by atoms with E-state index in [-0.39, 0.29) is 0 Å². The van der Waals surface area contributed by atoms with Crippen LogP contribution in [0.3, 0.4) is 0 Å². The Morgan fingerprint density at radius 3 is 2.90 bits per heavy atom. The van der Waals surface area contributed by atoms with Crippen LogP contribution in [-0.4, -0.2) is 28.0 Å². The fraction of sp³-hybridized carbons (Fsp3) is 0.133. The van der Waals surface area contributed by atoms with E-state index in [1.165, 1.54) is 0 Å². The number of pyridine rings is 1. The van der Waals surface area contributed by atoms with Crippen molar-refractivity contribution in [2.45, 2.75) is 0 Å². The lowest BCUT2D eigenvalue weighted by Crippen LogP contribution is -2.14. The largest absolute Gasteiger partial charge is 0.353 e. The minimum Gasteiger partial charge on any atom is -0.353 e. The van der Waals surface area contributed by atoms with Gasteiger partial charge in [-0.25, -0.2) is 9.97 Å². The van der Waals surface area contributed by atoms with Gasteiger partial charge in [-0.3, -0.25) is 4.98 Å². The monoisotopic (exact) mass is 265 g/mol. The summed E-state index contributed by atoms with van der Waals surface area (Å²) in [6.07, 6.45) is 3.56. The van der Waals surface area contributed by atoms with Crippen LogP contribution in [-0.2, 0) is 0 Å². The van der Waals surface area contributed by atoms with Gasteiger partial charge in [0.2, 0.25) is 5.95 Å². The van der Waals surface area contributed by atoms with Crippen LogP contribution in [0.1, 0.15) is 0 Å². The van der Waals surface area contributed by atoms with Crippen molar-refractivity contribution < 1.29 is 0 Å². The number of hydrogen-bond donors (Lipinski definition) is 2. The molecule has 0 radical (unpaired) electrons. The Labute approximate surface area is 116 Å². The second-order valence-corrected chi connectivity index (χ2v) is 4.40. The highest BCUT2D eigenvalue weighted by atomic mass is 15.1. The van der Waals surface area contributed by atoms with E-state index in [4.69, 9.17) is 5.73 Å². The molecule has 0 saturated carbocycles. The Morgan fingerprint density at radius 2 is 2.00 bits per heavy atom. The van der Waals surface area contributed by atoms with Gasteiger partial charge in [-0.05, 0) is 18.2 Å². The molecular formula is C15H15N5. The summed E-state index contributed by atoms with van der Waals surface area (Å²) < 4.78 is 0. The molecule has 0 spiro atoms. The molecule has 5 heteroatoms. The van der Waals surface area contributed by atoms with E-state index in [0.29, 0.717) is 19.0 Å². The van der Waals surface area contributed by atoms with Crippen molar-refractivity contribution in [2.75, 3.05) is 18.4 Å². The first-order valence-corrected chi connectivity index (χ1v) is 6.49. The van der Waals surface area contributed by atoms with Crippen molar-refractivity contribution in [3.8, 4) is 11.3 Å². The van der Waals surface area contributed by atoms with Crippen molar-refractivity contribution in [3.05, 3.63) is 48.8 Å². The molecular weight excluding hydrogens is 250 g/mol. The highest BCUT2D eigenvalue weighted by Crippen LogP contribution is 2.21. The summed E-state index contributed by atoms with van der Waals surface area (Å²) in [6, 6.07) is 12.0. The summed E-state index contributed by atoms with van der Waals surface area (Å²) in [6.45, 7) is 1.20. The molecule has 3 N–H and O–H groups in total. The number of para-hydroxylation sites is 1.